The van der Waals surface area contributed by atoms with Crippen LogP contribution in [-0.2, 0) is 4.74 Å². The fourth-order valence-corrected chi connectivity index (χ4v) is 4.09. The molecular weight excluding hydrogens is 441 g/mol. The number of guanidine groups is 1. The van der Waals surface area contributed by atoms with Gasteiger partial charge in [-0.2, -0.15) is 0 Å². The van der Waals surface area contributed by atoms with E-state index in [2.05, 4.69) is 39.4 Å². The smallest absolute Gasteiger partial charge is 0.191 e. The highest BCUT2D eigenvalue weighted by Gasteiger charge is 2.33. The number of nitrogens with one attached hydrogen (secondary N) is 2. The average molecular weight is 481 g/mol. The lowest BCUT2D eigenvalue weighted by Gasteiger charge is -2.36. The highest BCUT2D eigenvalue weighted by molar-refractivity contribution is 14.0. The number of likely N-dealkylation sites (N-methyl/N-ethyl adjacent to an activating group) is 1. The predicted octanol–water partition coefficient (Wildman–Crippen LogP) is 2.00. The molecule has 0 aromatic carbocycles. The first-order valence-corrected chi connectivity index (χ1v) is 9.94. The molecule has 2 fully saturated rings. The van der Waals surface area contributed by atoms with Crippen molar-refractivity contribution < 1.29 is 4.74 Å². The summed E-state index contributed by atoms with van der Waals surface area (Å²) >= 11 is 0. The summed E-state index contributed by atoms with van der Waals surface area (Å²) in [6, 6.07) is 0.529. The van der Waals surface area contributed by atoms with E-state index < -0.39 is 0 Å². The first-order chi connectivity index (χ1) is 12.1. The Labute approximate surface area is 177 Å². The Bertz CT molecular complexity index is 407. The standard InChI is InChI=1S/C19H39N5O.HI/c1-17(24-12-10-23(3)11-13-24)15-21-18(20-2)22-16-19(9-14-25-4)7-5-6-8-19;/h17H,5-16H2,1-4H3,(H2,20,21,22);1H. The Kier molecular flexibility index (Phi) is 11.4. The van der Waals surface area contributed by atoms with E-state index in [0.29, 0.717) is 11.5 Å². The fourth-order valence-electron chi connectivity index (χ4n) is 4.09. The zero-order chi connectivity index (χ0) is 18.1. The number of halogens is 1. The number of hydrogen-bond acceptors (Lipinski definition) is 4. The number of ether oxygens (including phenoxy) is 1. The van der Waals surface area contributed by atoms with Gasteiger partial charge in [-0.25, -0.2) is 0 Å². The van der Waals surface area contributed by atoms with Crippen molar-refractivity contribution in [1.82, 2.24) is 20.4 Å². The molecule has 1 unspecified atom stereocenters. The quantitative estimate of drug-likeness (QED) is 0.316. The highest BCUT2D eigenvalue weighted by atomic mass is 127. The van der Waals surface area contributed by atoms with Gasteiger partial charge >= 0.3 is 0 Å². The van der Waals surface area contributed by atoms with Crippen molar-refractivity contribution in [2.24, 2.45) is 10.4 Å². The summed E-state index contributed by atoms with van der Waals surface area (Å²) in [5.74, 6) is 0.935. The van der Waals surface area contributed by atoms with E-state index in [1.807, 2.05) is 7.05 Å². The molecule has 0 aromatic heterocycles. The topological polar surface area (TPSA) is 52.1 Å². The first kappa shape index (κ1) is 23.9. The molecule has 0 spiro atoms. The fraction of sp³-hybridized carbons (Fsp3) is 0.947. The molecule has 1 aliphatic carbocycles. The van der Waals surface area contributed by atoms with Crippen LogP contribution in [0.2, 0.25) is 0 Å². The van der Waals surface area contributed by atoms with Gasteiger partial charge in [0, 0.05) is 66.1 Å². The number of piperazine rings is 1. The van der Waals surface area contributed by atoms with Crippen LogP contribution in [0.3, 0.4) is 0 Å². The van der Waals surface area contributed by atoms with Gasteiger partial charge in [0.05, 0.1) is 0 Å². The minimum atomic E-state index is 0. The van der Waals surface area contributed by atoms with E-state index in [9.17, 15) is 0 Å². The zero-order valence-corrected chi connectivity index (χ0v) is 19.6. The summed E-state index contributed by atoms with van der Waals surface area (Å²) in [6.07, 6.45) is 6.44. The molecule has 1 heterocycles. The van der Waals surface area contributed by atoms with Gasteiger partial charge in [0.1, 0.15) is 0 Å². The Morgan fingerprint density at radius 2 is 1.81 bits per heavy atom. The summed E-state index contributed by atoms with van der Waals surface area (Å²) in [5.41, 5.74) is 0.386. The van der Waals surface area contributed by atoms with Crippen molar-refractivity contribution in [3.05, 3.63) is 0 Å². The molecule has 1 aliphatic heterocycles. The number of hydrogen-bond donors (Lipinski definition) is 2. The molecule has 7 heteroatoms. The highest BCUT2D eigenvalue weighted by Crippen LogP contribution is 2.40. The number of rotatable bonds is 8. The van der Waals surface area contributed by atoms with E-state index in [1.54, 1.807) is 7.11 Å². The molecule has 2 N–H and O–H groups in total. The van der Waals surface area contributed by atoms with E-state index in [1.165, 1.54) is 38.8 Å². The normalized spacial score (nSPS) is 22.7. The molecule has 2 aliphatic rings. The van der Waals surface area contributed by atoms with Crippen molar-refractivity contribution in [3.8, 4) is 0 Å². The third kappa shape index (κ3) is 7.48. The molecule has 26 heavy (non-hydrogen) atoms. The van der Waals surface area contributed by atoms with Gasteiger partial charge in [-0.15, -0.1) is 24.0 Å². The number of aliphatic imine (C=N–C) groups is 1. The summed E-state index contributed by atoms with van der Waals surface area (Å²) in [4.78, 5) is 9.39. The molecule has 0 bridgehead atoms. The molecule has 1 saturated heterocycles. The second-order valence-electron chi connectivity index (χ2n) is 7.94. The van der Waals surface area contributed by atoms with E-state index in [-0.39, 0.29) is 24.0 Å². The van der Waals surface area contributed by atoms with E-state index >= 15 is 0 Å². The molecule has 6 nitrogen and oxygen atoms in total. The van der Waals surface area contributed by atoms with Gasteiger partial charge in [-0.3, -0.25) is 9.89 Å². The van der Waals surface area contributed by atoms with Crippen molar-refractivity contribution >= 4 is 29.9 Å². The van der Waals surface area contributed by atoms with Crippen LogP contribution in [-0.4, -0.2) is 88.9 Å². The predicted molar refractivity (Wildman–Crippen MR) is 121 cm³/mol. The van der Waals surface area contributed by atoms with Crippen molar-refractivity contribution in [2.75, 3.05) is 67.1 Å². The first-order valence-electron chi connectivity index (χ1n) is 9.94. The lowest BCUT2D eigenvalue weighted by molar-refractivity contribution is 0.119. The summed E-state index contributed by atoms with van der Waals surface area (Å²) in [5, 5.41) is 7.11. The van der Waals surface area contributed by atoms with Crippen molar-refractivity contribution in [1.29, 1.82) is 0 Å². The maximum Gasteiger partial charge on any atom is 0.191 e. The lowest BCUT2D eigenvalue weighted by atomic mass is 9.83. The molecule has 1 saturated carbocycles. The summed E-state index contributed by atoms with van der Waals surface area (Å²) < 4.78 is 5.33. The minimum absolute atomic E-state index is 0. The van der Waals surface area contributed by atoms with Gasteiger partial charge in [0.2, 0.25) is 0 Å². The van der Waals surface area contributed by atoms with Crippen LogP contribution in [0, 0.1) is 5.41 Å². The average Bonchev–Trinajstić information content (AvgIpc) is 3.09. The maximum atomic E-state index is 5.33. The van der Waals surface area contributed by atoms with Gasteiger partial charge in [-0.1, -0.05) is 12.8 Å². The molecule has 0 amide bonds. The number of methoxy groups -OCH3 is 1. The third-order valence-electron chi connectivity index (χ3n) is 6.08. The monoisotopic (exact) mass is 481 g/mol. The van der Waals surface area contributed by atoms with Crippen LogP contribution in [0.25, 0.3) is 0 Å². The maximum absolute atomic E-state index is 5.33. The summed E-state index contributed by atoms with van der Waals surface area (Å²) in [6.45, 7) is 9.75. The van der Waals surface area contributed by atoms with E-state index in [4.69, 9.17) is 4.74 Å². The van der Waals surface area contributed by atoms with Crippen LogP contribution < -0.4 is 10.6 Å². The van der Waals surface area contributed by atoms with E-state index in [0.717, 1.165) is 45.2 Å². The number of nitrogens with zero attached hydrogens (tertiary/aromatic N) is 3. The van der Waals surface area contributed by atoms with Crippen LogP contribution in [0.5, 0.6) is 0 Å². The summed E-state index contributed by atoms with van der Waals surface area (Å²) in [7, 11) is 5.87. The Morgan fingerprint density at radius 3 is 2.38 bits per heavy atom. The second kappa shape index (κ2) is 12.4. The molecule has 2 rings (SSSR count). The Hall–Kier alpha value is -0.120. The largest absolute Gasteiger partial charge is 0.385 e. The molecular formula is C19H40IN5O. The zero-order valence-electron chi connectivity index (χ0n) is 17.2. The SMILES string of the molecule is CN=C(NCC(C)N1CCN(C)CC1)NCC1(CCOC)CCCC1.I. The van der Waals surface area contributed by atoms with Gasteiger partial charge < -0.3 is 20.3 Å². The third-order valence-corrected chi connectivity index (χ3v) is 6.08. The van der Waals surface area contributed by atoms with Gasteiger partial charge in [0.15, 0.2) is 5.96 Å². The molecule has 0 aromatic rings. The Balaban J connectivity index is 0.00000338. The van der Waals surface area contributed by atoms with Crippen LogP contribution in [0.4, 0.5) is 0 Å². The van der Waals surface area contributed by atoms with Crippen molar-refractivity contribution in [2.45, 2.75) is 45.1 Å². The van der Waals surface area contributed by atoms with Crippen LogP contribution >= 0.6 is 24.0 Å². The van der Waals surface area contributed by atoms with Crippen LogP contribution in [0.15, 0.2) is 4.99 Å². The lowest BCUT2D eigenvalue weighted by Crippen LogP contribution is -2.52. The van der Waals surface area contributed by atoms with Gasteiger partial charge in [0.25, 0.3) is 0 Å². The van der Waals surface area contributed by atoms with Crippen molar-refractivity contribution in [3.63, 3.8) is 0 Å². The molecule has 0 radical (unpaired) electrons. The molecule has 1 atom stereocenters. The second-order valence-corrected chi connectivity index (χ2v) is 7.94. The van der Waals surface area contributed by atoms with Crippen LogP contribution in [0.1, 0.15) is 39.0 Å². The molecule has 154 valence electrons. The minimum Gasteiger partial charge on any atom is -0.385 e. The Morgan fingerprint density at radius 1 is 1.15 bits per heavy atom. The van der Waals surface area contributed by atoms with Gasteiger partial charge in [-0.05, 0) is 38.6 Å².